The number of benzene rings is 1. The summed E-state index contributed by atoms with van der Waals surface area (Å²) < 4.78 is 0. The summed E-state index contributed by atoms with van der Waals surface area (Å²) in [5, 5.41) is 4.70. The number of rotatable bonds is 1. The van der Waals surface area contributed by atoms with Gasteiger partial charge in [-0.2, -0.15) is 0 Å². The third kappa shape index (κ3) is 2.11. The van der Waals surface area contributed by atoms with Crippen LogP contribution in [0.25, 0.3) is 10.9 Å². The lowest BCUT2D eigenvalue weighted by Gasteiger charge is -2.33. The number of fused-ring (bicyclic) bond motifs is 1. The van der Waals surface area contributed by atoms with Crippen molar-refractivity contribution in [2.45, 2.75) is 13.0 Å². The van der Waals surface area contributed by atoms with Crippen LogP contribution in [-0.4, -0.2) is 36.6 Å². The number of aryl methyl sites for hydroxylation is 1. The summed E-state index contributed by atoms with van der Waals surface area (Å²) in [4.78, 5) is 6.98. The van der Waals surface area contributed by atoms with Crippen molar-refractivity contribution in [2.75, 3.05) is 26.7 Å². The minimum atomic E-state index is 0.441. The molecule has 2 aromatic rings. The molecule has 0 saturated carbocycles. The Labute approximate surface area is 108 Å². The van der Waals surface area contributed by atoms with E-state index < -0.39 is 0 Å². The zero-order chi connectivity index (χ0) is 12.5. The quantitative estimate of drug-likeness (QED) is 0.829. The molecule has 0 amide bonds. The van der Waals surface area contributed by atoms with E-state index in [1.807, 2.05) is 6.20 Å². The third-order valence-corrected chi connectivity index (χ3v) is 3.75. The third-order valence-electron chi connectivity index (χ3n) is 3.75. The summed E-state index contributed by atoms with van der Waals surface area (Å²) in [6.45, 7) is 5.31. The van der Waals surface area contributed by atoms with E-state index in [0.29, 0.717) is 6.04 Å². The fourth-order valence-corrected chi connectivity index (χ4v) is 2.63. The lowest BCUT2D eigenvalue weighted by Crippen LogP contribution is -2.43. The Hall–Kier alpha value is -1.45. The number of likely N-dealkylation sites (N-methyl/N-ethyl adjacent to an activating group) is 1. The molecular formula is C15H19N3. The van der Waals surface area contributed by atoms with Crippen molar-refractivity contribution < 1.29 is 0 Å². The highest BCUT2D eigenvalue weighted by molar-refractivity contribution is 5.79. The minimum absolute atomic E-state index is 0.441. The van der Waals surface area contributed by atoms with Crippen LogP contribution in [0, 0.1) is 6.92 Å². The summed E-state index contributed by atoms with van der Waals surface area (Å²) in [6.07, 6.45) is 2.02. The Morgan fingerprint density at radius 1 is 1.33 bits per heavy atom. The second-order valence-electron chi connectivity index (χ2n) is 5.17. The van der Waals surface area contributed by atoms with Gasteiger partial charge in [0.15, 0.2) is 0 Å². The average Bonchev–Trinajstić information content (AvgIpc) is 2.38. The van der Waals surface area contributed by atoms with Crippen LogP contribution in [0.3, 0.4) is 0 Å². The molecule has 1 aromatic heterocycles. The number of nitrogens with zero attached hydrogens (tertiary/aromatic N) is 2. The SMILES string of the molecule is Cc1ccc2ncc(C3CNCCN3C)cc2c1. The highest BCUT2D eigenvalue weighted by atomic mass is 15.2. The van der Waals surface area contributed by atoms with Gasteiger partial charge in [0.05, 0.1) is 5.52 Å². The number of pyridine rings is 1. The van der Waals surface area contributed by atoms with Gasteiger partial charge in [0, 0.05) is 37.3 Å². The van der Waals surface area contributed by atoms with Crippen molar-refractivity contribution in [2.24, 2.45) is 0 Å². The maximum absolute atomic E-state index is 4.58. The molecule has 0 spiro atoms. The number of aromatic nitrogens is 1. The Balaban J connectivity index is 2.01. The zero-order valence-electron chi connectivity index (χ0n) is 11.0. The Morgan fingerprint density at radius 2 is 2.22 bits per heavy atom. The normalized spacial score (nSPS) is 21.3. The van der Waals surface area contributed by atoms with Crippen LogP contribution in [0.1, 0.15) is 17.2 Å². The van der Waals surface area contributed by atoms with Gasteiger partial charge < -0.3 is 5.32 Å². The van der Waals surface area contributed by atoms with E-state index in [9.17, 15) is 0 Å². The van der Waals surface area contributed by atoms with Crippen LogP contribution >= 0.6 is 0 Å². The second kappa shape index (κ2) is 4.67. The molecule has 0 radical (unpaired) electrons. The summed E-state index contributed by atoms with van der Waals surface area (Å²) >= 11 is 0. The first-order valence-corrected chi connectivity index (χ1v) is 6.51. The van der Waals surface area contributed by atoms with E-state index in [2.05, 4.69) is 53.4 Å². The first-order chi connectivity index (χ1) is 8.74. The highest BCUT2D eigenvalue weighted by Crippen LogP contribution is 2.23. The van der Waals surface area contributed by atoms with E-state index >= 15 is 0 Å². The summed E-state index contributed by atoms with van der Waals surface area (Å²) in [6, 6.07) is 9.14. The van der Waals surface area contributed by atoms with Crippen molar-refractivity contribution in [3.8, 4) is 0 Å². The van der Waals surface area contributed by atoms with Gasteiger partial charge in [0.2, 0.25) is 0 Å². The molecule has 18 heavy (non-hydrogen) atoms. The number of hydrogen-bond acceptors (Lipinski definition) is 3. The summed E-state index contributed by atoms with van der Waals surface area (Å²) in [5.74, 6) is 0. The van der Waals surface area contributed by atoms with Crippen molar-refractivity contribution in [3.63, 3.8) is 0 Å². The van der Waals surface area contributed by atoms with Crippen molar-refractivity contribution in [1.82, 2.24) is 15.2 Å². The van der Waals surface area contributed by atoms with Gasteiger partial charge in [-0.3, -0.25) is 9.88 Å². The number of nitrogens with one attached hydrogen (secondary N) is 1. The van der Waals surface area contributed by atoms with Crippen molar-refractivity contribution in [1.29, 1.82) is 0 Å². The Kier molecular flexibility index (Phi) is 3.02. The predicted octanol–water partition coefficient (Wildman–Crippen LogP) is 2.12. The van der Waals surface area contributed by atoms with Crippen LogP contribution in [0.15, 0.2) is 30.5 Å². The second-order valence-corrected chi connectivity index (χ2v) is 5.17. The Morgan fingerprint density at radius 3 is 3.06 bits per heavy atom. The van der Waals surface area contributed by atoms with Gasteiger partial charge in [-0.25, -0.2) is 0 Å². The molecule has 1 fully saturated rings. The molecule has 3 nitrogen and oxygen atoms in total. The molecule has 1 aliphatic heterocycles. The van der Waals surface area contributed by atoms with Crippen molar-refractivity contribution >= 4 is 10.9 Å². The first kappa shape index (κ1) is 11.6. The van der Waals surface area contributed by atoms with Crippen LogP contribution in [0.4, 0.5) is 0 Å². The van der Waals surface area contributed by atoms with Crippen LogP contribution in [0.2, 0.25) is 0 Å². The zero-order valence-corrected chi connectivity index (χ0v) is 11.0. The monoisotopic (exact) mass is 241 g/mol. The Bertz CT molecular complexity index is 565. The fraction of sp³-hybridized carbons (Fsp3) is 0.400. The first-order valence-electron chi connectivity index (χ1n) is 6.51. The minimum Gasteiger partial charge on any atom is -0.314 e. The molecule has 1 unspecified atom stereocenters. The molecule has 1 saturated heterocycles. The molecule has 2 heterocycles. The molecule has 0 aliphatic carbocycles. The van der Waals surface area contributed by atoms with Gasteiger partial charge >= 0.3 is 0 Å². The molecule has 94 valence electrons. The van der Waals surface area contributed by atoms with E-state index in [-0.39, 0.29) is 0 Å². The molecule has 1 atom stereocenters. The van der Waals surface area contributed by atoms with Crippen LogP contribution in [-0.2, 0) is 0 Å². The average molecular weight is 241 g/mol. The molecule has 1 N–H and O–H groups in total. The molecule has 1 aromatic carbocycles. The molecule has 1 aliphatic rings. The maximum atomic E-state index is 4.58. The largest absolute Gasteiger partial charge is 0.314 e. The maximum Gasteiger partial charge on any atom is 0.0702 e. The molecule has 0 bridgehead atoms. The van der Waals surface area contributed by atoms with Gasteiger partial charge in [-0.1, -0.05) is 11.6 Å². The fourth-order valence-electron chi connectivity index (χ4n) is 2.63. The van der Waals surface area contributed by atoms with Gasteiger partial charge in [-0.15, -0.1) is 0 Å². The van der Waals surface area contributed by atoms with Crippen molar-refractivity contribution in [3.05, 3.63) is 41.6 Å². The van der Waals surface area contributed by atoms with E-state index in [0.717, 1.165) is 25.2 Å². The topological polar surface area (TPSA) is 28.2 Å². The van der Waals surface area contributed by atoms with Crippen LogP contribution < -0.4 is 5.32 Å². The predicted molar refractivity (Wildman–Crippen MR) is 74.7 cm³/mol. The summed E-state index contributed by atoms with van der Waals surface area (Å²) in [5.41, 5.74) is 3.68. The number of piperazine rings is 1. The van der Waals surface area contributed by atoms with E-state index in [1.165, 1.54) is 16.5 Å². The number of hydrogen-bond donors (Lipinski definition) is 1. The lowest BCUT2D eigenvalue weighted by atomic mass is 10.0. The van der Waals surface area contributed by atoms with Gasteiger partial charge in [0.25, 0.3) is 0 Å². The van der Waals surface area contributed by atoms with Gasteiger partial charge in [-0.05, 0) is 37.7 Å². The highest BCUT2D eigenvalue weighted by Gasteiger charge is 2.20. The van der Waals surface area contributed by atoms with E-state index in [4.69, 9.17) is 0 Å². The van der Waals surface area contributed by atoms with E-state index in [1.54, 1.807) is 0 Å². The molecular weight excluding hydrogens is 222 g/mol. The van der Waals surface area contributed by atoms with Crippen LogP contribution in [0.5, 0.6) is 0 Å². The lowest BCUT2D eigenvalue weighted by molar-refractivity contribution is 0.202. The molecule has 3 heteroatoms. The molecule has 3 rings (SSSR count). The standard InChI is InChI=1S/C15H19N3/c1-11-3-4-14-12(7-11)8-13(9-17-14)15-10-16-5-6-18(15)2/h3-4,7-9,15-16H,5-6,10H2,1-2H3. The smallest absolute Gasteiger partial charge is 0.0702 e. The van der Waals surface area contributed by atoms with Gasteiger partial charge in [0.1, 0.15) is 0 Å². The summed E-state index contributed by atoms with van der Waals surface area (Å²) in [7, 11) is 2.19.